The number of fused-ring (bicyclic) bond motifs is 12. The highest BCUT2D eigenvalue weighted by Gasteiger charge is 2.21. The largest absolute Gasteiger partial charge is 0.309 e. The van der Waals surface area contributed by atoms with Gasteiger partial charge in [0.2, 0.25) is 0 Å². The summed E-state index contributed by atoms with van der Waals surface area (Å²) >= 11 is 0. The third-order valence-electron chi connectivity index (χ3n) is 19.5. The number of rotatable bonds is 10. The van der Waals surface area contributed by atoms with Gasteiger partial charge in [0.05, 0.1) is 61.2 Å². The minimum absolute atomic E-state index is 0.714. The van der Waals surface area contributed by atoms with E-state index in [1.54, 1.807) is 0 Å². The van der Waals surface area contributed by atoms with Gasteiger partial charge < -0.3 is 18.3 Å². The van der Waals surface area contributed by atoms with Crippen molar-refractivity contribution in [2.24, 2.45) is 0 Å². The van der Waals surface area contributed by atoms with Crippen LogP contribution in [-0.2, 0) is 0 Å². The fourth-order valence-electron chi connectivity index (χ4n) is 14.9. The molecule has 20 rings (SSSR count). The summed E-state index contributed by atoms with van der Waals surface area (Å²) in [5.41, 5.74) is 24.0. The molecule has 0 radical (unpaired) electrons. The Labute approximate surface area is 576 Å². The van der Waals surface area contributed by atoms with Gasteiger partial charge in [-0.05, 0) is 109 Å². The fraction of sp³-hybridized carbons (Fsp3) is 0. The van der Waals surface area contributed by atoms with E-state index in [2.05, 4.69) is 316 Å². The average Bonchev–Trinajstić information content (AvgIpc) is 1.58. The molecule has 0 amide bonds. The molecule has 14 aromatic carbocycles. The van der Waals surface area contributed by atoms with Crippen LogP contribution in [-0.4, -0.2) is 38.2 Å². The second-order valence-corrected chi connectivity index (χ2v) is 25.3. The Morgan fingerprint density at radius 2 is 0.480 bits per heavy atom. The van der Waals surface area contributed by atoms with Crippen molar-refractivity contribution in [2.75, 3.05) is 0 Å². The van der Waals surface area contributed by atoms with Gasteiger partial charge in [0.25, 0.3) is 0 Å². The van der Waals surface area contributed by atoms with Crippen molar-refractivity contribution in [3.63, 3.8) is 0 Å². The van der Waals surface area contributed by atoms with E-state index in [1.165, 1.54) is 87.2 Å². The number of benzene rings is 14. The fourth-order valence-corrected chi connectivity index (χ4v) is 14.9. The first-order valence-electron chi connectivity index (χ1n) is 33.8. The molecule has 20 aromatic rings. The molecule has 0 spiro atoms. The molecule has 6 aromatic heterocycles. The molecule has 0 unspecified atom stereocenters. The summed E-state index contributed by atoms with van der Waals surface area (Å²) in [5, 5.41) is 9.95. The van der Waals surface area contributed by atoms with Crippen molar-refractivity contribution >= 4 is 87.2 Å². The predicted molar refractivity (Wildman–Crippen MR) is 414 cm³/mol. The van der Waals surface area contributed by atoms with Crippen molar-refractivity contribution in [1.82, 2.24) is 38.2 Å². The molecule has 0 saturated carbocycles. The van der Waals surface area contributed by atoms with Gasteiger partial charge in [-0.15, -0.1) is 0 Å². The Bertz CT molecular complexity index is 6320. The van der Waals surface area contributed by atoms with Crippen molar-refractivity contribution in [1.29, 1.82) is 0 Å². The minimum Gasteiger partial charge on any atom is -0.309 e. The maximum Gasteiger partial charge on any atom is 0.160 e. The standard InChI is InChI=1S/2C46H30N4/c1-3-13-31(14-4-1)40-30-41(48-46(47-40)33-15-5-2-6-16-33)32-23-25-34(26-24-32)49-44-22-12-9-19-38(44)39-29-35(27-28-45(39)49)50-42-20-10-7-17-36(42)37-18-8-11-21-43(37)50;1-3-13-31(14-4-1)40-30-47-46(33-15-5-2-6-16-33)48-45(40)32-23-25-34(26-24-32)49-43-22-12-9-19-38(43)39-29-35(27-28-44(39)49)50-41-20-10-7-17-36(41)37-18-8-11-21-42(37)50/h2*1-30H. The summed E-state index contributed by atoms with van der Waals surface area (Å²) in [4.78, 5) is 19.9. The third-order valence-corrected chi connectivity index (χ3v) is 19.5. The SMILES string of the molecule is c1ccc(-c2cc(-c3ccc(-n4c5ccccc5c5cc(-n6c7ccccc7c7ccccc76)ccc54)cc3)nc(-c3ccccc3)n2)cc1.c1ccc(-c2ncc(-c3ccccc3)c(-c3ccc(-n4c5ccccc5c5cc(-n6c7ccccc7c7ccccc76)ccc54)cc3)n2)cc1. The van der Waals surface area contributed by atoms with Crippen LogP contribution in [0.2, 0.25) is 0 Å². The van der Waals surface area contributed by atoms with E-state index in [-0.39, 0.29) is 0 Å². The maximum atomic E-state index is 5.14. The summed E-state index contributed by atoms with van der Waals surface area (Å²) in [6, 6.07) is 127. The first kappa shape index (κ1) is 57.9. The summed E-state index contributed by atoms with van der Waals surface area (Å²) < 4.78 is 9.52. The highest BCUT2D eigenvalue weighted by molar-refractivity contribution is 6.14. The van der Waals surface area contributed by atoms with E-state index in [0.29, 0.717) is 11.6 Å². The van der Waals surface area contributed by atoms with E-state index < -0.39 is 0 Å². The van der Waals surface area contributed by atoms with E-state index in [0.717, 1.165) is 78.8 Å². The van der Waals surface area contributed by atoms with Gasteiger partial charge >= 0.3 is 0 Å². The van der Waals surface area contributed by atoms with Gasteiger partial charge in [0.15, 0.2) is 11.6 Å². The van der Waals surface area contributed by atoms with Crippen LogP contribution in [0, 0.1) is 0 Å². The normalized spacial score (nSPS) is 11.6. The average molecular weight is 1280 g/mol. The molecule has 468 valence electrons. The molecular formula is C92H60N8. The summed E-state index contributed by atoms with van der Waals surface area (Å²) in [7, 11) is 0. The summed E-state index contributed by atoms with van der Waals surface area (Å²) in [6.07, 6.45) is 1.95. The van der Waals surface area contributed by atoms with Crippen LogP contribution in [0.25, 0.3) is 178 Å². The van der Waals surface area contributed by atoms with Crippen LogP contribution in [0.1, 0.15) is 0 Å². The zero-order valence-electron chi connectivity index (χ0n) is 54.2. The Morgan fingerprint density at radius 3 is 0.880 bits per heavy atom. The predicted octanol–water partition coefficient (Wildman–Crippen LogP) is 23.3. The molecule has 100 heavy (non-hydrogen) atoms. The van der Waals surface area contributed by atoms with Crippen LogP contribution >= 0.6 is 0 Å². The van der Waals surface area contributed by atoms with Crippen LogP contribution < -0.4 is 0 Å². The minimum atomic E-state index is 0.714. The number of hydrogen-bond acceptors (Lipinski definition) is 4. The van der Waals surface area contributed by atoms with Crippen molar-refractivity contribution in [3.05, 3.63) is 364 Å². The number of aromatic nitrogens is 8. The van der Waals surface area contributed by atoms with Gasteiger partial charge in [-0.1, -0.05) is 255 Å². The summed E-state index contributed by atoms with van der Waals surface area (Å²) in [5.74, 6) is 1.43. The van der Waals surface area contributed by atoms with Crippen LogP contribution in [0.5, 0.6) is 0 Å². The molecule has 0 fully saturated rings. The molecule has 0 aliphatic carbocycles. The Hall–Kier alpha value is -13.6. The molecule has 0 aliphatic heterocycles. The molecule has 0 atom stereocenters. The number of para-hydroxylation sites is 6. The lowest BCUT2D eigenvalue weighted by Crippen LogP contribution is -1.98. The lowest BCUT2D eigenvalue weighted by molar-refractivity contribution is 1.16. The van der Waals surface area contributed by atoms with Crippen molar-refractivity contribution in [3.8, 4) is 90.4 Å². The van der Waals surface area contributed by atoms with Crippen LogP contribution in [0.3, 0.4) is 0 Å². The Kier molecular flexibility index (Phi) is 14.0. The van der Waals surface area contributed by atoms with E-state index >= 15 is 0 Å². The molecule has 8 nitrogen and oxygen atoms in total. The molecule has 0 saturated heterocycles. The van der Waals surface area contributed by atoms with Crippen LogP contribution in [0.4, 0.5) is 0 Å². The molecule has 6 heterocycles. The van der Waals surface area contributed by atoms with Gasteiger partial charge in [-0.3, -0.25) is 0 Å². The first-order chi connectivity index (χ1) is 49.6. The second-order valence-electron chi connectivity index (χ2n) is 25.3. The lowest BCUT2D eigenvalue weighted by Gasteiger charge is -2.13. The number of nitrogens with zero attached hydrogens (tertiary/aromatic N) is 8. The van der Waals surface area contributed by atoms with Crippen molar-refractivity contribution in [2.45, 2.75) is 0 Å². The van der Waals surface area contributed by atoms with Gasteiger partial charge in [0.1, 0.15) is 0 Å². The quantitative estimate of drug-likeness (QED) is 0.137. The third kappa shape index (κ3) is 9.92. The van der Waals surface area contributed by atoms with Gasteiger partial charge in [0, 0.05) is 105 Å². The number of hydrogen-bond donors (Lipinski definition) is 0. The second kappa shape index (κ2) is 24.3. The summed E-state index contributed by atoms with van der Waals surface area (Å²) in [6.45, 7) is 0. The molecule has 0 aliphatic rings. The van der Waals surface area contributed by atoms with E-state index in [1.807, 2.05) is 66.9 Å². The lowest BCUT2D eigenvalue weighted by atomic mass is 10.00. The molecule has 0 N–H and O–H groups in total. The van der Waals surface area contributed by atoms with Gasteiger partial charge in [-0.2, -0.15) is 0 Å². The van der Waals surface area contributed by atoms with Crippen molar-refractivity contribution < 1.29 is 0 Å². The van der Waals surface area contributed by atoms with Gasteiger partial charge in [-0.25, -0.2) is 19.9 Å². The van der Waals surface area contributed by atoms with Crippen LogP contribution in [0.15, 0.2) is 364 Å². The van der Waals surface area contributed by atoms with E-state index in [4.69, 9.17) is 19.9 Å². The highest BCUT2D eigenvalue weighted by Crippen LogP contribution is 2.41. The Balaban J connectivity index is 0.000000139. The Morgan fingerprint density at radius 1 is 0.190 bits per heavy atom. The highest BCUT2D eigenvalue weighted by atomic mass is 15.0. The zero-order valence-corrected chi connectivity index (χ0v) is 54.2. The van der Waals surface area contributed by atoms with E-state index in [9.17, 15) is 0 Å². The monoisotopic (exact) mass is 1280 g/mol. The molecular weight excluding hydrogens is 1220 g/mol. The molecule has 8 heteroatoms. The smallest absolute Gasteiger partial charge is 0.160 e. The first-order valence-corrected chi connectivity index (χ1v) is 33.8. The topological polar surface area (TPSA) is 71.3 Å². The molecule has 0 bridgehead atoms. The zero-order chi connectivity index (χ0) is 66.0. The maximum absolute atomic E-state index is 5.14.